The molecule has 5 heterocycles. The van der Waals surface area contributed by atoms with E-state index in [0.29, 0.717) is 127 Å². The van der Waals surface area contributed by atoms with Gasteiger partial charge in [0.15, 0.2) is 0 Å². The summed E-state index contributed by atoms with van der Waals surface area (Å²) in [5.74, 6) is -0.240. The molecule has 0 aliphatic rings. The number of amides is 1. The van der Waals surface area contributed by atoms with Gasteiger partial charge in [0.1, 0.15) is 41.1 Å². The van der Waals surface area contributed by atoms with Gasteiger partial charge < -0.3 is 77.2 Å². The van der Waals surface area contributed by atoms with E-state index in [9.17, 15) is 62.3 Å². The van der Waals surface area contributed by atoms with Crippen LogP contribution in [0.25, 0.3) is 54.5 Å². The molecule has 15 aromatic rings. The average molecular weight is 2170 g/mol. The molecule has 6 N–H and O–H groups in total. The number of rotatable bonds is 34. The molecule has 0 spiro atoms. The van der Waals surface area contributed by atoms with E-state index >= 15 is 0 Å². The number of aliphatic carboxylic acids is 2. The lowest BCUT2D eigenvalue weighted by atomic mass is 10.1. The van der Waals surface area contributed by atoms with Crippen molar-refractivity contribution in [1.29, 1.82) is 0 Å². The maximum Gasteiger partial charge on any atom is 0.341 e. The molecular weight excluding hydrogens is 2050 g/mol. The van der Waals surface area contributed by atoms with Crippen LogP contribution in [-0.4, -0.2) is 173 Å². The van der Waals surface area contributed by atoms with Crippen molar-refractivity contribution in [3.05, 3.63) is 322 Å². The number of nitrogens with two attached hydrogens (primary N) is 1. The normalized spacial score (nSPS) is 11.3. The molecule has 10 aromatic carbocycles. The number of hydrogen-bond acceptors (Lipinski definition) is 24. The van der Waals surface area contributed by atoms with Crippen molar-refractivity contribution in [2.45, 2.75) is 108 Å². The van der Waals surface area contributed by atoms with E-state index in [2.05, 4.69) is 5.32 Å². The van der Waals surface area contributed by atoms with Crippen LogP contribution >= 0.6 is 80.8 Å². The highest BCUT2D eigenvalue weighted by Crippen LogP contribution is 2.54. The zero-order chi connectivity index (χ0) is 108. The summed E-state index contributed by atoms with van der Waals surface area (Å²) in [4.78, 5) is 99.6. The first-order valence-corrected chi connectivity index (χ1v) is 53.3. The van der Waals surface area contributed by atoms with Gasteiger partial charge in [-0.25, -0.2) is 0 Å². The highest BCUT2D eigenvalue weighted by Gasteiger charge is 2.34. The number of carbonyl (C=O) groups excluding carboxylic acids is 6. The first-order chi connectivity index (χ1) is 70.1. The van der Waals surface area contributed by atoms with E-state index in [1.54, 1.807) is 266 Å². The number of aliphatic hydroxyl groups is 1. The van der Waals surface area contributed by atoms with Crippen LogP contribution < -0.4 is 34.7 Å². The second kappa shape index (κ2) is 53.4. The number of carboxylic acid groups (broad SMARTS) is 2. The Morgan fingerprint density at radius 3 is 0.803 bits per heavy atom. The number of aromatic nitrogens is 5. The lowest BCUT2D eigenvalue weighted by molar-refractivity contribution is -0.136. The molecule has 0 unspecified atom stereocenters. The third-order valence-corrected chi connectivity index (χ3v) is 30.5. The molecule has 32 nitrogen and oxygen atoms in total. The number of nitrogens with zero attached hydrogens (tertiary/aromatic N) is 5. The molecule has 0 aliphatic carbocycles. The molecule has 15 rings (SSSR count). The minimum atomic E-state index is -3.53. The molecule has 40 heteroatoms. The molecular formula is C107H115Cl5N7O25P3. The quantitative estimate of drug-likeness (QED) is 0.0234. The number of benzene rings is 10. The summed E-state index contributed by atoms with van der Waals surface area (Å²) in [6.07, 6.45) is -1.07. The summed E-state index contributed by atoms with van der Waals surface area (Å²) >= 11 is 29.6. The second-order valence-electron chi connectivity index (χ2n) is 32.4. The number of hydrogen-bond donors (Lipinski definition) is 5. The molecule has 0 atom stereocenters. The number of fused-ring (bicyclic) bond motifs is 5. The Morgan fingerprint density at radius 1 is 0.313 bits per heavy atom. The van der Waals surface area contributed by atoms with Crippen molar-refractivity contribution in [1.82, 2.24) is 28.2 Å². The molecule has 0 radical (unpaired) electrons. The smallest absolute Gasteiger partial charge is 0.341 e. The SMILES string of the molecule is CCOP(=O)(CC(=O)NCc1c(C)n(C(=O)c2ccc(Cl)cc2)c2ccc(OC)cc12)OCC.CCOP(=O)(CC(=O)O)OCC.CCOP(=O)(Cc1c(C)n(C(=O)c2ccc(Cl)cc2)c2ccc(OC)cc12)OCC.COc1ccc2c(c1)c(CC(=O)O)c(C)n2C(=O)c1ccc(Cl)cc1.COc1ccc2c(c1)c(CN)c(C)n2C(=O)c1ccc(Cl)cc1.COc1ccc2c(c1)c(CO)c(C)n2C(=O)c1ccc(Cl)cc1. The molecule has 778 valence electrons. The molecule has 0 saturated heterocycles. The Balaban J connectivity index is 0.000000184. The van der Waals surface area contributed by atoms with Crippen LogP contribution in [0.4, 0.5) is 0 Å². The second-order valence-corrected chi connectivity index (χ2v) is 40.7. The van der Waals surface area contributed by atoms with E-state index in [4.69, 9.17) is 120 Å². The Bertz CT molecular complexity index is 7270. The van der Waals surface area contributed by atoms with Crippen molar-refractivity contribution in [2.24, 2.45) is 5.73 Å². The maximum absolute atomic E-state index is 13.4. The van der Waals surface area contributed by atoms with Crippen molar-refractivity contribution >= 4 is 183 Å². The molecule has 0 aliphatic heterocycles. The van der Waals surface area contributed by atoms with Gasteiger partial charge in [0.05, 0.1) is 122 Å². The van der Waals surface area contributed by atoms with Crippen LogP contribution in [-0.2, 0) is 87.5 Å². The van der Waals surface area contributed by atoms with Gasteiger partial charge in [-0.05, 0) is 305 Å². The number of ether oxygens (including phenoxy) is 5. The third-order valence-electron chi connectivity index (χ3n) is 23.3. The molecule has 1 amide bonds. The summed E-state index contributed by atoms with van der Waals surface area (Å²) in [5, 5.41) is 36.9. The van der Waals surface area contributed by atoms with Gasteiger partial charge in [-0.15, -0.1) is 0 Å². The minimum absolute atomic E-state index is 0.0606. The molecule has 0 fully saturated rings. The Labute approximate surface area is 875 Å². The number of methoxy groups -OCH3 is 5. The summed E-state index contributed by atoms with van der Waals surface area (Å²) in [5.41, 5.74) is 19.3. The van der Waals surface area contributed by atoms with Crippen LogP contribution in [0.5, 0.6) is 28.7 Å². The number of aliphatic hydroxyl groups excluding tert-OH is 1. The van der Waals surface area contributed by atoms with Crippen molar-refractivity contribution in [3.63, 3.8) is 0 Å². The van der Waals surface area contributed by atoms with Gasteiger partial charge in [0.25, 0.3) is 29.5 Å². The lowest BCUT2D eigenvalue weighted by Gasteiger charge is -2.17. The zero-order valence-electron chi connectivity index (χ0n) is 83.8. The van der Waals surface area contributed by atoms with Crippen LogP contribution in [0.2, 0.25) is 25.1 Å². The summed E-state index contributed by atoms with van der Waals surface area (Å²) in [6, 6.07) is 60.8. The largest absolute Gasteiger partial charge is 0.497 e. The number of halogens is 5. The van der Waals surface area contributed by atoms with Crippen molar-refractivity contribution in [2.75, 3.05) is 87.5 Å². The van der Waals surface area contributed by atoms with Crippen LogP contribution in [0.1, 0.15) is 150 Å². The van der Waals surface area contributed by atoms with Crippen LogP contribution in [0.3, 0.4) is 0 Å². The maximum atomic E-state index is 13.4. The van der Waals surface area contributed by atoms with E-state index in [1.165, 1.54) is 4.57 Å². The minimum Gasteiger partial charge on any atom is -0.497 e. The van der Waals surface area contributed by atoms with Crippen LogP contribution in [0, 0.1) is 34.6 Å². The average Bonchev–Trinajstić information content (AvgIpc) is 1.57. The van der Waals surface area contributed by atoms with Gasteiger partial charge in [-0.3, -0.25) is 74.9 Å². The Hall–Kier alpha value is -12.5. The van der Waals surface area contributed by atoms with Gasteiger partial charge in [0.2, 0.25) is 5.91 Å². The predicted molar refractivity (Wildman–Crippen MR) is 573 cm³/mol. The first-order valence-electron chi connectivity index (χ1n) is 46.2. The number of carboxylic acids is 2. The topological polar surface area (TPSA) is 413 Å². The standard InChI is InChI=1S/C24H28ClN2O6P.C22H25ClNO5P.C19H16ClNO4.C18H17ClN2O2.C18H16ClNO3.C6H13O5P/c1-5-32-34(30,33-6-2)15-23(28)26-14-21-16(3)27(22-12-11-19(31-4)13-20(21)22)24(29)17-7-9-18(25)10-8-17;1-5-28-30(26,29-6-2)14-20-15(3)24(21-12-11-18(27-4)13-19(20)21)22(25)16-7-9-17(23)10-8-16;1-11-15(10-18(22)23)16-9-14(25-2)7-8-17(16)21(11)19(24)12-3-5-13(20)6-4-12;1-11-16(10-20)15-9-14(23-2)7-8-17(15)21(11)18(22)12-3-5-13(19)6-4-12;1-11-16(10-21)15-9-14(23-2)7-8-17(15)20(11)18(22)12-3-5-13(19)6-4-12;1-3-10-12(9,11-4-2)5-6(7)8/h7-13H,5-6,14-15H2,1-4H3,(H,26,28);7-13H,5-6,14H2,1-4H3;3-9H,10H2,1-2H3,(H,22,23);3-9H,10,20H2,1-2H3;3-9,21H,10H2,1-2H3;3-5H2,1-2H3,(H,7,8). The van der Waals surface area contributed by atoms with E-state index in [-0.39, 0.29) is 101 Å². The number of carbonyl (C=O) groups is 8. The van der Waals surface area contributed by atoms with E-state index in [0.717, 1.165) is 72.0 Å². The fourth-order valence-electron chi connectivity index (χ4n) is 16.5. The predicted octanol–water partition coefficient (Wildman–Crippen LogP) is 24.1. The summed E-state index contributed by atoms with van der Waals surface area (Å²) in [6.45, 7) is 20.9. The lowest BCUT2D eigenvalue weighted by Crippen LogP contribution is -2.27. The van der Waals surface area contributed by atoms with Gasteiger partial charge in [-0.2, -0.15) is 0 Å². The fourth-order valence-corrected chi connectivity index (χ4v) is 21.8. The summed E-state index contributed by atoms with van der Waals surface area (Å²) < 4.78 is 103. The van der Waals surface area contributed by atoms with Crippen LogP contribution in [0.15, 0.2) is 212 Å². The fraction of sp³-hybridized carbons (Fsp3) is 0.271. The van der Waals surface area contributed by atoms with Gasteiger partial charge in [0, 0.05) is 133 Å². The first kappa shape index (κ1) is 116. The van der Waals surface area contributed by atoms with Crippen molar-refractivity contribution in [3.8, 4) is 28.7 Å². The monoisotopic (exact) mass is 2170 g/mol. The highest BCUT2D eigenvalue weighted by atomic mass is 35.5. The summed E-state index contributed by atoms with van der Waals surface area (Å²) in [7, 11) is -2.39. The van der Waals surface area contributed by atoms with E-state index in [1.807, 2.05) is 76.2 Å². The molecule has 5 aromatic heterocycles. The molecule has 147 heavy (non-hydrogen) atoms. The van der Waals surface area contributed by atoms with Crippen molar-refractivity contribution < 1.29 is 118 Å². The zero-order valence-corrected chi connectivity index (χ0v) is 90.2. The number of nitrogens with one attached hydrogen (secondary N) is 1. The Morgan fingerprint density at radius 2 is 0.544 bits per heavy atom. The van der Waals surface area contributed by atoms with Gasteiger partial charge >= 0.3 is 34.7 Å². The third kappa shape index (κ3) is 28.5. The Kier molecular flexibility index (Phi) is 42.3. The molecule has 0 bridgehead atoms. The van der Waals surface area contributed by atoms with Gasteiger partial charge in [-0.1, -0.05) is 58.0 Å². The highest BCUT2D eigenvalue weighted by molar-refractivity contribution is 7.55. The van der Waals surface area contributed by atoms with E-state index < -0.39 is 46.8 Å². The molecule has 0 saturated carbocycles.